The van der Waals surface area contributed by atoms with E-state index in [9.17, 15) is 0 Å². The quantitative estimate of drug-likeness (QED) is 0.830. The van der Waals surface area contributed by atoms with Gasteiger partial charge in [-0.2, -0.15) is 4.98 Å². The average molecular weight is 233 g/mol. The summed E-state index contributed by atoms with van der Waals surface area (Å²) in [6, 6.07) is 0. The molecule has 0 amide bonds. The highest BCUT2D eigenvalue weighted by molar-refractivity contribution is 5.42. The van der Waals surface area contributed by atoms with Gasteiger partial charge in [0, 0.05) is 26.0 Å². The van der Waals surface area contributed by atoms with Crippen LogP contribution in [0.3, 0.4) is 0 Å². The van der Waals surface area contributed by atoms with Gasteiger partial charge in [-0.3, -0.25) is 0 Å². The zero-order valence-corrected chi connectivity index (χ0v) is 9.92. The molecular weight excluding hydrogens is 218 g/mol. The molecule has 1 aliphatic rings. The summed E-state index contributed by atoms with van der Waals surface area (Å²) in [5, 5.41) is 7.33. The molecule has 3 rings (SSSR count). The van der Waals surface area contributed by atoms with E-state index in [1.807, 2.05) is 17.8 Å². The van der Waals surface area contributed by atoms with Crippen LogP contribution in [0.25, 0.3) is 11.6 Å². The van der Waals surface area contributed by atoms with Gasteiger partial charge in [0.15, 0.2) is 5.82 Å². The minimum absolute atomic E-state index is 0.316. The van der Waals surface area contributed by atoms with Crippen LogP contribution >= 0.6 is 0 Å². The fraction of sp³-hybridized carbons (Fsp3) is 0.545. The molecule has 1 aliphatic heterocycles. The fourth-order valence-corrected chi connectivity index (χ4v) is 2.20. The molecule has 2 aromatic rings. The summed E-state index contributed by atoms with van der Waals surface area (Å²) >= 11 is 0. The summed E-state index contributed by atoms with van der Waals surface area (Å²) in [5.41, 5.74) is 0. The molecule has 6 heteroatoms. The Kier molecular flexibility index (Phi) is 2.44. The first kappa shape index (κ1) is 10.5. The molecule has 1 fully saturated rings. The number of hydrogen-bond acceptors (Lipinski definition) is 5. The molecule has 1 saturated heterocycles. The molecule has 2 aromatic heterocycles. The first-order chi connectivity index (χ1) is 8.25. The lowest BCUT2D eigenvalue weighted by Crippen LogP contribution is -2.08. The summed E-state index contributed by atoms with van der Waals surface area (Å²) in [6.07, 6.45) is 3.59. The molecule has 0 radical (unpaired) electrons. The predicted octanol–water partition coefficient (Wildman–Crippen LogP) is 0.793. The Morgan fingerprint density at radius 3 is 3.00 bits per heavy atom. The highest BCUT2D eigenvalue weighted by Gasteiger charge is 2.30. The van der Waals surface area contributed by atoms with E-state index in [0.717, 1.165) is 18.9 Å². The SMILES string of the molecule is CC1CNCC1c1nc(-c2nccn2C)no1. The molecule has 90 valence electrons. The van der Waals surface area contributed by atoms with Gasteiger partial charge >= 0.3 is 0 Å². The molecule has 0 saturated carbocycles. The number of rotatable bonds is 2. The van der Waals surface area contributed by atoms with Gasteiger partial charge in [-0.15, -0.1) is 0 Å². The zero-order chi connectivity index (χ0) is 11.8. The van der Waals surface area contributed by atoms with E-state index in [1.165, 1.54) is 0 Å². The summed E-state index contributed by atoms with van der Waals surface area (Å²) in [7, 11) is 1.91. The third-order valence-electron chi connectivity index (χ3n) is 3.30. The molecule has 0 spiro atoms. The standard InChI is InChI=1S/C11H15N5O/c1-7-5-12-6-8(7)11-14-9(15-17-11)10-13-3-4-16(10)2/h3-4,7-8,12H,5-6H2,1-2H3. The lowest BCUT2D eigenvalue weighted by Gasteiger charge is -2.07. The van der Waals surface area contributed by atoms with Crippen LogP contribution in [0.4, 0.5) is 0 Å². The molecule has 0 aliphatic carbocycles. The molecule has 17 heavy (non-hydrogen) atoms. The van der Waals surface area contributed by atoms with E-state index in [2.05, 4.69) is 27.4 Å². The second-order valence-corrected chi connectivity index (χ2v) is 4.56. The van der Waals surface area contributed by atoms with Crippen molar-refractivity contribution in [2.75, 3.05) is 13.1 Å². The zero-order valence-electron chi connectivity index (χ0n) is 9.92. The fourth-order valence-electron chi connectivity index (χ4n) is 2.20. The van der Waals surface area contributed by atoms with Crippen LogP contribution < -0.4 is 5.32 Å². The van der Waals surface area contributed by atoms with E-state index >= 15 is 0 Å². The van der Waals surface area contributed by atoms with E-state index in [0.29, 0.717) is 23.6 Å². The number of aromatic nitrogens is 4. The van der Waals surface area contributed by atoms with E-state index in [-0.39, 0.29) is 0 Å². The second kappa shape index (κ2) is 3.96. The van der Waals surface area contributed by atoms with Crippen LogP contribution in [0.2, 0.25) is 0 Å². The Labute approximate surface area is 99.0 Å². The van der Waals surface area contributed by atoms with Crippen LogP contribution in [-0.2, 0) is 7.05 Å². The van der Waals surface area contributed by atoms with Crippen molar-refractivity contribution >= 4 is 0 Å². The maximum atomic E-state index is 5.34. The van der Waals surface area contributed by atoms with Crippen molar-refractivity contribution in [1.82, 2.24) is 25.0 Å². The first-order valence-corrected chi connectivity index (χ1v) is 5.77. The van der Waals surface area contributed by atoms with Crippen LogP contribution in [0, 0.1) is 5.92 Å². The van der Waals surface area contributed by atoms with Crippen molar-refractivity contribution < 1.29 is 4.52 Å². The van der Waals surface area contributed by atoms with Gasteiger partial charge in [-0.25, -0.2) is 4.98 Å². The van der Waals surface area contributed by atoms with Crippen molar-refractivity contribution in [2.24, 2.45) is 13.0 Å². The van der Waals surface area contributed by atoms with Crippen LogP contribution in [0.1, 0.15) is 18.7 Å². The minimum atomic E-state index is 0.316. The maximum Gasteiger partial charge on any atom is 0.238 e. The summed E-state index contributed by atoms with van der Waals surface area (Å²) < 4.78 is 7.22. The van der Waals surface area contributed by atoms with Gasteiger partial charge in [0.25, 0.3) is 0 Å². The van der Waals surface area contributed by atoms with Crippen LogP contribution in [0.15, 0.2) is 16.9 Å². The smallest absolute Gasteiger partial charge is 0.238 e. The Bertz CT molecular complexity index is 517. The molecule has 3 heterocycles. The summed E-state index contributed by atoms with van der Waals surface area (Å²) in [6.45, 7) is 4.10. The first-order valence-electron chi connectivity index (χ1n) is 5.77. The highest BCUT2D eigenvalue weighted by atomic mass is 16.5. The Hall–Kier alpha value is -1.69. The second-order valence-electron chi connectivity index (χ2n) is 4.56. The normalized spacial score (nSPS) is 24.4. The largest absolute Gasteiger partial charge is 0.338 e. The van der Waals surface area contributed by atoms with Crippen molar-refractivity contribution in [3.8, 4) is 11.6 Å². The van der Waals surface area contributed by atoms with Crippen molar-refractivity contribution in [1.29, 1.82) is 0 Å². The third-order valence-corrected chi connectivity index (χ3v) is 3.30. The van der Waals surface area contributed by atoms with E-state index in [1.54, 1.807) is 6.20 Å². The number of aryl methyl sites for hydroxylation is 1. The Balaban J connectivity index is 1.90. The monoisotopic (exact) mass is 233 g/mol. The number of hydrogen-bond donors (Lipinski definition) is 1. The van der Waals surface area contributed by atoms with Gasteiger partial charge < -0.3 is 14.4 Å². The van der Waals surface area contributed by atoms with Crippen molar-refractivity contribution in [2.45, 2.75) is 12.8 Å². The molecule has 6 nitrogen and oxygen atoms in total. The number of nitrogens with zero attached hydrogens (tertiary/aromatic N) is 4. The van der Waals surface area contributed by atoms with Gasteiger partial charge in [0.2, 0.25) is 11.7 Å². The third kappa shape index (κ3) is 1.74. The van der Waals surface area contributed by atoms with Gasteiger partial charge in [-0.1, -0.05) is 12.1 Å². The molecule has 2 unspecified atom stereocenters. The molecular formula is C11H15N5O. The lowest BCUT2D eigenvalue weighted by atomic mass is 9.98. The Morgan fingerprint density at radius 2 is 2.35 bits per heavy atom. The van der Waals surface area contributed by atoms with E-state index in [4.69, 9.17) is 4.52 Å². The van der Waals surface area contributed by atoms with Crippen molar-refractivity contribution in [3.05, 3.63) is 18.3 Å². The topological polar surface area (TPSA) is 68.8 Å². The van der Waals surface area contributed by atoms with Crippen molar-refractivity contribution in [3.63, 3.8) is 0 Å². The number of nitrogens with one attached hydrogen (secondary N) is 1. The Morgan fingerprint density at radius 1 is 1.47 bits per heavy atom. The van der Waals surface area contributed by atoms with Crippen LogP contribution in [0.5, 0.6) is 0 Å². The predicted molar refractivity (Wildman–Crippen MR) is 61.3 cm³/mol. The highest BCUT2D eigenvalue weighted by Crippen LogP contribution is 2.27. The minimum Gasteiger partial charge on any atom is -0.338 e. The van der Waals surface area contributed by atoms with Gasteiger partial charge in [0.1, 0.15) is 0 Å². The summed E-state index contributed by atoms with van der Waals surface area (Å²) in [4.78, 5) is 8.65. The molecule has 1 N–H and O–H groups in total. The maximum absolute atomic E-state index is 5.34. The summed E-state index contributed by atoms with van der Waals surface area (Å²) in [5.74, 6) is 2.85. The van der Waals surface area contributed by atoms with Gasteiger partial charge in [-0.05, 0) is 12.5 Å². The molecule has 0 bridgehead atoms. The molecule has 2 atom stereocenters. The number of imidazole rings is 1. The van der Waals surface area contributed by atoms with E-state index < -0.39 is 0 Å². The van der Waals surface area contributed by atoms with Gasteiger partial charge in [0.05, 0.1) is 5.92 Å². The average Bonchev–Trinajstić information content (AvgIpc) is 2.97. The lowest BCUT2D eigenvalue weighted by molar-refractivity contribution is 0.339. The molecule has 0 aromatic carbocycles. The van der Waals surface area contributed by atoms with Crippen LogP contribution in [-0.4, -0.2) is 32.8 Å².